The van der Waals surface area contributed by atoms with Crippen molar-refractivity contribution >= 4 is 29.9 Å². The second-order valence-corrected chi connectivity index (χ2v) is 3.77. The Bertz CT molecular complexity index is 602. The van der Waals surface area contributed by atoms with Gasteiger partial charge in [-0.05, 0) is 18.2 Å². The van der Waals surface area contributed by atoms with Gasteiger partial charge in [-0.25, -0.2) is 14.4 Å². The standard InChI is InChI=1S/C13H13FN4O.HI/c14-10-4-1-5-11(7-10)19-12-9(3-2-6-17-12)8-18-13(15)16;/h1-7H,8H2,(H4,15,16,18);1H. The van der Waals surface area contributed by atoms with E-state index >= 15 is 0 Å². The number of hydrogen-bond donors (Lipinski definition) is 2. The largest absolute Gasteiger partial charge is 0.439 e. The molecule has 5 nitrogen and oxygen atoms in total. The quantitative estimate of drug-likeness (QED) is 0.479. The first kappa shape index (κ1) is 16.2. The van der Waals surface area contributed by atoms with Crippen LogP contribution in [-0.4, -0.2) is 10.9 Å². The van der Waals surface area contributed by atoms with Crippen LogP contribution in [0.4, 0.5) is 4.39 Å². The van der Waals surface area contributed by atoms with Gasteiger partial charge in [0.2, 0.25) is 5.88 Å². The van der Waals surface area contributed by atoms with E-state index < -0.39 is 0 Å². The average Bonchev–Trinajstić information content (AvgIpc) is 2.38. The van der Waals surface area contributed by atoms with Crippen molar-refractivity contribution in [3.8, 4) is 11.6 Å². The summed E-state index contributed by atoms with van der Waals surface area (Å²) in [4.78, 5) is 7.98. The van der Waals surface area contributed by atoms with Gasteiger partial charge in [0.05, 0.1) is 6.54 Å². The zero-order valence-corrected chi connectivity index (χ0v) is 12.8. The maximum atomic E-state index is 13.1. The first-order valence-electron chi connectivity index (χ1n) is 5.58. The molecule has 106 valence electrons. The number of halogens is 2. The molecule has 0 aliphatic carbocycles. The van der Waals surface area contributed by atoms with Gasteiger partial charge >= 0.3 is 0 Å². The lowest BCUT2D eigenvalue weighted by Crippen LogP contribution is -2.22. The third-order valence-electron chi connectivity index (χ3n) is 2.29. The summed E-state index contributed by atoms with van der Waals surface area (Å²) >= 11 is 0. The van der Waals surface area contributed by atoms with Crippen molar-refractivity contribution in [1.82, 2.24) is 4.98 Å². The van der Waals surface area contributed by atoms with Crippen molar-refractivity contribution in [1.29, 1.82) is 0 Å². The summed E-state index contributed by atoms with van der Waals surface area (Å²) in [5, 5.41) is 0. The van der Waals surface area contributed by atoms with E-state index in [9.17, 15) is 4.39 Å². The molecule has 0 saturated heterocycles. The van der Waals surface area contributed by atoms with E-state index in [2.05, 4.69) is 9.98 Å². The maximum Gasteiger partial charge on any atom is 0.224 e. The van der Waals surface area contributed by atoms with Gasteiger partial charge in [0.15, 0.2) is 5.96 Å². The second-order valence-electron chi connectivity index (χ2n) is 3.77. The van der Waals surface area contributed by atoms with Crippen molar-refractivity contribution in [2.45, 2.75) is 6.54 Å². The van der Waals surface area contributed by atoms with Gasteiger partial charge in [-0.1, -0.05) is 12.1 Å². The Kier molecular flexibility index (Phi) is 6.16. The van der Waals surface area contributed by atoms with Gasteiger partial charge < -0.3 is 16.2 Å². The Morgan fingerprint density at radius 1 is 1.25 bits per heavy atom. The van der Waals surface area contributed by atoms with Crippen LogP contribution in [0.1, 0.15) is 5.56 Å². The van der Waals surface area contributed by atoms with Crippen LogP contribution in [0.25, 0.3) is 0 Å². The minimum absolute atomic E-state index is 0. The highest BCUT2D eigenvalue weighted by atomic mass is 127. The molecule has 0 spiro atoms. The SMILES string of the molecule is I.NC(N)=NCc1cccnc1Oc1cccc(F)c1. The van der Waals surface area contributed by atoms with Crippen LogP contribution >= 0.6 is 24.0 Å². The number of nitrogens with two attached hydrogens (primary N) is 2. The minimum Gasteiger partial charge on any atom is -0.439 e. The molecule has 0 unspecified atom stereocenters. The van der Waals surface area contributed by atoms with Gasteiger partial charge in [0, 0.05) is 17.8 Å². The molecule has 1 aromatic heterocycles. The lowest BCUT2D eigenvalue weighted by atomic mass is 10.2. The molecule has 1 aromatic carbocycles. The third-order valence-corrected chi connectivity index (χ3v) is 2.29. The molecular weight excluding hydrogens is 374 g/mol. The predicted molar refractivity (Wildman–Crippen MR) is 85.6 cm³/mol. The summed E-state index contributed by atoms with van der Waals surface area (Å²) < 4.78 is 18.6. The Morgan fingerprint density at radius 2 is 2.05 bits per heavy atom. The van der Waals surface area contributed by atoms with Gasteiger partial charge in [-0.2, -0.15) is 0 Å². The first-order chi connectivity index (χ1) is 9.15. The first-order valence-corrected chi connectivity index (χ1v) is 5.58. The number of pyridine rings is 1. The van der Waals surface area contributed by atoms with Crippen LogP contribution in [0.3, 0.4) is 0 Å². The molecule has 2 rings (SSSR count). The molecule has 0 atom stereocenters. The number of aliphatic imine (C=N–C) groups is 1. The van der Waals surface area contributed by atoms with Crippen LogP contribution in [0.5, 0.6) is 11.6 Å². The molecule has 20 heavy (non-hydrogen) atoms. The van der Waals surface area contributed by atoms with Crippen LogP contribution in [0.15, 0.2) is 47.6 Å². The number of aromatic nitrogens is 1. The van der Waals surface area contributed by atoms with E-state index in [1.807, 2.05) is 0 Å². The molecule has 0 aliphatic heterocycles. The number of rotatable bonds is 4. The lowest BCUT2D eigenvalue weighted by molar-refractivity contribution is 0.452. The summed E-state index contributed by atoms with van der Waals surface area (Å²) in [6, 6.07) is 9.35. The van der Waals surface area contributed by atoms with Crippen molar-refractivity contribution in [3.63, 3.8) is 0 Å². The highest BCUT2D eigenvalue weighted by molar-refractivity contribution is 14.0. The molecular formula is C13H14FIN4O. The van der Waals surface area contributed by atoms with Crippen LogP contribution < -0.4 is 16.2 Å². The van der Waals surface area contributed by atoms with Gasteiger partial charge in [0.25, 0.3) is 0 Å². The molecule has 0 aliphatic rings. The topological polar surface area (TPSA) is 86.5 Å². The Labute approximate surface area is 132 Å². The Hall–Kier alpha value is -1.90. The molecule has 0 amide bonds. The Morgan fingerprint density at radius 3 is 2.75 bits per heavy atom. The minimum atomic E-state index is -0.376. The third kappa shape index (κ3) is 4.65. The smallest absolute Gasteiger partial charge is 0.224 e. The van der Waals surface area contributed by atoms with E-state index in [1.54, 1.807) is 30.5 Å². The fourth-order valence-electron chi connectivity index (χ4n) is 1.45. The normalized spacial score (nSPS) is 9.45. The van der Waals surface area contributed by atoms with Crippen molar-refractivity contribution in [3.05, 3.63) is 54.0 Å². The summed E-state index contributed by atoms with van der Waals surface area (Å²) in [5.74, 6) is 0.322. The zero-order valence-electron chi connectivity index (χ0n) is 10.5. The van der Waals surface area contributed by atoms with Crippen molar-refractivity contribution in [2.24, 2.45) is 16.5 Å². The van der Waals surface area contributed by atoms with Crippen molar-refractivity contribution in [2.75, 3.05) is 0 Å². The molecule has 0 saturated carbocycles. The number of hydrogen-bond acceptors (Lipinski definition) is 3. The van der Waals surface area contributed by atoms with Crippen LogP contribution in [0.2, 0.25) is 0 Å². The summed E-state index contributed by atoms with van der Waals surface area (Å²) in [6.45, 7) is 0.251. The number of ether oxygens (including phenoxy) is 1. The number of guanidine groups is 1. The van der Waals surface area contributed by atoms with Gasteiger partial charge in [-0.15, -0.1) is 24.0 Å². The molecule has 7 heteroatoms. The van der Waals surface area contributed by atoms with E-state index in [4.69, 9.17) is 16.2 Å². The summed E-state index contributed by atoms with van der Waals surface area (Å²) in [6.07, 6.45) is 1.58. The Balaban J connectivity index is 0.00000200. The van der Waals surface area contributed by atoms with Gasteiger partial charge in [-0.3, -0.25) is 0 Å². The van der Waals surface area contributed by atoms with Crippen LogP contribution in [-0.2, 0) is 6.54 Å². The highest BCUT2D eigenvalue weighted by Crippen LogP contribution is 2.23. The number of benzene rings is 1. The maximum absolute atomic E-state index is 13.1. The second kappa shape index (κ2) is 7.63. The fraction of sp³-hybridized carbons (Fsp3) is 0.0769. The fourth-order valence-corrected chi connectivity index (χ4v) is 1.45. The highest BCUT2D eigenvalue weighted by Gasteiger charge is 2.06. The summed E-state index contributed by atoms with van der Waals surface area (Å²) in [5.41, 5.74) is 11.3. The van der Waals surface area contributed by atoms with E-state index in [0.717, 1.165) is 0 Å². The van der Waals surface area contributed by atoms with Crippen molar-refractivity contribution < 1.29 is 9.13 Å². The molecule has 0 fully saturated rings. The zero-order chi connectivity index (χ0) is 13.7. The average molecular weight is 388 g/mol. The van der Waals surface area contributed by atoms with Gasteiger partial charge in [0.1, 0.15) is 11.6 Å². The molecule has 0 bridgehead atoms. The van der Waals surface area contributed by atoms with E-state index in [-0.39, 0.29) is 42.3 Å². The van der Waals surface area contributed by atoms with E-state index in [1.165, 1.54) is 12.1 Å². The van der Waals surface area contributed by atoms with E-state index in [0.29, 0.717) is 17.2 Å². The molecule has 4 N–H and O–H groups in total. The molecule has 0 radical (unpaired) electrons. The molecule has 2 aromatic rings. The predicted octanol–water partition coefficient (Wildman–Crippen LogP) is 2.40. The molecule has 1 heterocycles. The monoisotopic (exact) mass is 388 g/mol. The number of nitrogens with zero attached hydrogens (tertiary/aromatic N) is 2. The summed E-state index contributed by atoms with van der Waals surface area (Å²) in [7, 11) is 0. The van der Waals surface area contributed by atoms with Crippen LogP contribution in [0, 0.1) is 5.82 Å². The lowest BCUT2D eigenvalue weighted by Gasteiger charge is -2.08.